The number of carbonyl (C=O) groups excluding carboxylic acids is 2. The Bertz CT molecular complexity index is 996. The Kier molecular flexibility index (Phi) is 3.69. The lowest BCUT2D eigenvalue weighted by Crippen LogP contribution is -2.47. The molecule has 7 heteroatoms. The molecule has 2 aromatic rings. The summed E-state index contributed by atoms with van der Waals surface area (Å²) in [6, 6.07) is 17.3. The minimum atomic E-state index is -3.64. The molecule has 132 valence electrons. The minimum Gasteiger partial charge on any atom is -0.339 e. The van der Waals surface area contributed by atoms with Crippen molar-refractivity contribution in [2.24, 2.45) is 5.41 Å². The summed E-state index contributed by atoms with van der Waals surface area (Å²) in [7, 11) is -3.64. The third kappa shape index (κ3) is 2.35. The van der Waals surface area contributed by atoms with E-state index in [1.165, 1.54) is 0 Å². The topological polar surface area (TPSA) is 89.5 Å². The molecule has 2 heterocycles. The molecule has 1 saturated heterocycles. The first-order valence-corrected chi connectivity index (χ1v) is 9.74. The van der Waals surface area contributed by atoms with Gasteiger partial charge in [0.2, 0.25) is 0 Å². The van der Waals surface area contributed by atoms with E-state index in [0.29, 0.717) is 11.1 Å². The Morgan fingerprint density at radius 1 is 0.962 bits per heavy atom. The van der Waals surface area contributed by atoms with Crippen LogP contribution < -0.4 is 5.48 Å². The molecule has 0 aromatic heterocycles. The number of hydrogen-bond acceptors (Lipinski definition) is 5. The predicted molar refractivity (Wildman–Crippen MR) is 94.1 cm³/mol. The molecular weight excluding hydrogens is 354 g/mol. The number of benzene rings is 2. The lowest BCUT2D eigenvalue weighted by Gasteiger charge is -2.36. The first kappa shape index (κ1) is 16.5. The maximum Gasteiger partial charge on any atom is 0.352 e. The van der Waals surface area contributed by atoms with E-state index in [4.69, 9.17) is 4.84 Å². The summed E-state index contributed by atoms with van der Waals surface area (Å²) in [5.74, 6) is -2.68. The largest absolute Gasteiger partial charge is 0.352 e. The third-order valence-electron chi connectivity index (χ3n) is 4.85. The van der Waals surface area contributed by atoms with Gasteiger partial charge in [0, 0.05) is 11.3 Å². The van der Waals surface area contributed by atoms with Gasteiger partial charge in [0.15, 0.2) is 15.3 Å². The second kappa shape index (κ2) is 5.81. The highest BCUT2D eigenvalue weighted by Crippen LogP contribution is 2.53. The molecule has 0 radical (unpaired) electrons. The van der Waals surface area contributed by atoms with E-state index in [-0.39, 0.29) is 11.3 Å². The van der Waals surface area contributed by atoms with Crippen LogP contribution in [0.15, 0.2) is 66.1 Å². The average molecular weight is 369 g/mol. The van der Waals surface area contributed by atoms with Crippen molar-refractivity contribution in [2.45, 2.75) is 5.92 Å². The van der Waals surface area contributed by atoms with Gasteiger partial charge in [0.05, 0.1) is 5.75 Å². The molecule has 1 N–H and O–H groups in total. The van der Waals surface area contributed by atoms with E-state index in [1.54, 1.807) is 60.7 Å². The number of rotatable bonds is 2. The number of sulfone groups is 1. The number of hydroxylamine groups is 1. The van der Waals surface area contributed by atoms with Crippen LogP contribution in [0.25, 0.3) is 5.57 Å². The van der Waals surface area contributed by atoms with Crippen molar-refractivity contribution in [3.8, 4) is 0 Å². The Morgan fingerprint density at radius 3 is 2.15 bits per heavy atom. The fourth-order valence-corrected chi connectivity index (χ4v) is 5.37. The van der Waals surface area contributed by atoms with Crippen molar-refractivity contribution in [2.75, 3.05) is 5.75 Å². The molecule has 1 fully saturated rings. The van der Waals surface area contributed by atoms with Gasteiger partial charge in [-0.1, -0.05) is 60.7 Å². The van der Waals surface area contributed by atoms with Gasteiger partial charge in [-0.25, -0.2) is 13.2 Å². The first-order chi connectivity index (χ1) is 12.4. The van der Waals surface area contributed by atoms with E-state index in [0.717, 1.165) is 5.41 Å². The normalized spacial score (nSPS) is 26.9. The summed E-state index contributed by atoms with van der Waals surface area (Å²) in [6.07, 6.45) is 0. The summed E-state index contributed by atoms with van der Waals surface area (Å²) in [5.41, 5.74) is 1.61. The third-order valence-corrected chi connectivity index (χ3v) is 6.24. The smallest absolute Gasteiger partial charge is 0.339 e. The Hall–Kier alpha value is -2.93. The molecule has 4 rings (SSSR count). The van der Waals surface area contributed by atoms with Gasteiger partial charge < -0.3 is 4.84 Å². The van der Waals surface area contributed by atoms with Crippen LogP contribution in [0.3, 0.4) is 0 Å². The highest BCUT2D eigenvalue weighted by molar-refractivity contribution is 7.94. The molecular formula is C19H15NO5S. The summed E-state index contributed by atoms with van der Waals surface area (Å²) < 4.78 is 25.2. The molecule has 1 amide bonds. The summed E-state index contributed by atoms with van der Waals surface area (Å²) in [5, 5.41) is 1.04. The van der Waals surface area contributed by atoms with Crippen LogP contribution in [0.1, 0.15) is 17.0 Å². The SMILES string of the molecule is O=C1NOC(=O)C12C(c1ccccc1)=CS(=O)(=O)CC2c1ccccc1. The highest BCUT2D eigenvalue weighted by atomic mass is 32.2. The van der Waals surface area contributed by atoms with Crippen molar-refractivity contribution >= 4 is 27.3 Å². The van der Waals surface area contributed by atoms with E-state index < -0.39 is 33.0 Å². The molecule has 2 aliphatic rings. The standard InChI is InChI=1S/C19H15NO5S/c21-17-19(18(22)25-20-17)15(13-7-3-1-4-8-13)11-26(23,24)12-16(19)14-9-5-2-6-10-14/h1-11,16H,12H2,(H,20,21). The summed E-state index contributed by atoms with van der Waals surface area (Å²) >= 11 is 0. The second-order valence-corrected chi connectivity index (χ2v) is 8.21. The second-order valence-electron chi connectivity index (χ2n) is 6.32. The fraction of sp³-hybridized carbons (Fsp3) is 0.158. The van der Waals surface area contributed by atoms with Crippen LogP contribution in [-0.4, -0.2) is 26.0 Å². The highest BCUT2D eigenvalue weighted by Gasteiger charge is 2.64. The number of nitrogens with one attached hydrogen (secondary N) is 1. The van der Waals surface area contributed by atoms with Crippen LogP contribution in [-0.2, 0) is 24.3 Å². The van der Waals surface area contributed by atoms with Crippen molar-refractivity contribution in [3.63, 3.8) is 0 Å². The summed E-state index contributed by atoms with van der Waals surface area (Å²) in [6.45, 7) is 0. The lowest BCUT2D eigenvalue weighted by molar-refractivity contribution is -0.148. The predicted octanol–water partition coefficient (Wildman–Crippen LogP) is 1.81. The van der Waals surface area contributed by atoms with Crippen molar-refractivity contribution in [1.82, 2.24) is 5.48 Å². The van der Waals surface area contributed by atoms with Crippen molar-refractivity contribution in [3.05, 3.63) is 77.2 Å². The Morgan fingerprint density at radius 2 is 1.58 bits per heavy atom. The molecule has 2 aliphatic heterocycles. The molecule has 0 bridgehead atoms. The van der Waals surface area contributed by atoms with Gasteiger partial charge in [-0.2, -0.15) is 5.48 Å². The zero-order chi connectivity index (χ0) is 18.4. The zero-order valence-corrected chi connectivity index (χ0v) is 14.4. The number of amides is 1. The zero-order valence-electron chi connectivity index (χ0n) is 13.6. The van der Waals surface area contributed by atoms with E-state index in [2.05, 4.69) is 5.48 Å². The quantitative estimate of drug-likeness (QED) is 0.816. The van der Waals surface area contributed by atoms with Crippen LogP contribution in [0.2, 0.25) is 0 Å². The van der Waals surface area contributed by atoms with Crippen LogP contribution in [0.4, 0.5) is 0 Å². The van der Waals surface area contributed by atoms with Crippen molar-refractivity contribution < 1.29 is 22.8 Å². The van der Waals surface area contributed by atoms with Crippen molar-refractivity contribution in [1.29, 1.82) is 0 Å². The summed E-state index contributed by atoms with van der Waals surface area (Å²) in [4.78, 5) is 30.5. The van der Waals surface area contributed by atoms with Gasteiger partial charge in [-0.15, -0.1) is 0 Å². The van der Waals surface area contributed by atoms with E-state index in [9.17, 15) is 18.0 Å². The van der Waals surface area contributed by atoms with Gasteiger partial charge in [-0.05, 0) is 16.7 Å². The maximum absolute atomic E-state index is 12.8. The van der Waals surface area contributed by atoms with E-state index >= 15 is 0 Å². The van der Waals surface area contributed by atoms with Gasteiger partial charge in [-0.3, -0.25) is 4.79 Å². The van der Waals surface area contributed by atoms with Gasteiger partial charge >= 0.3 is 5.97 Å². The average Bonchev–Trinajstić information content (AvgIpc) is 2.94. The number of hydrogen-bond donors (Lipinski definition) is 1. The maximum atomic E-state index is 12.8. The fourth-order valence-electron chi connectivity index (χ4n) is 3.69. The minimum absolute atomic E-state index is 0.137. The molecule has 1 spiro atoms. The molecule has 6 nitrogen and oxygen atoms in total. The lowest BCUT2D eigenvalue weighted by atomic mass is 9.66. The molecule has 26 heavy (non-hydrogen) atoms. The van der Waals surface area contributed by atoms with E-state index in [1.807, 2.05) is 0 Å². The molecule has 2 atom stereocenters. The molecule has 0 saturated carbocycles. The molecule has 2 aromatic carbocycles. The molecule has 2 unspecified atom stereocenters. The van der Waals surface area contributed by atoms with Gasteiger partial charge in [0.1, 0.15) is 0 Å². The van der Waals surface area contributed by atoms with Crippen LogP contribution >= 0.6 is 0 Å². The van der Waals surface area contributed by atoms with Crippen LogP contribution in [0.5, 0.6) is 0 Å². The number of carbonyl (C=O) groups is 2. The van der Waals surface area contributed by atoms with Gasteiger partial charge in [0.25, 0.3) is 5.91 Å². The Labute approximate surface area is 150 Å². The monoisotopic (exact) mass is 369 g/mol. The van der Waals surface area contributed by atoms with Crippen LogP contribution in [0, 0.1) is 5.41 Å². The Balaban J connectivity index is 2.04. The first-order valence-electron chi connectivity index (χ1n) is 8.02. The molecule has 0 aliphatic carbocycles.